The molecule has 0 aromatic heterocycles. The van der Waals surface area contributed by atoms with Crippen molar-refractivity contribution in [2.24, 2.45) is 0 Å². The highest BCUT2D eigenvalue weighted by Gasteiger charge is 2.11. The highest BCUT2D eigenvalue weighted by molar-refractivity contribution is 14.1. The van der Waals surface area contributed by atoms with E-state index in [0.29, 0.717) is 5.56 Å². The fourth-order valence-corrected chi connectivity index (χ4v) is 2.98. The summed E-state index contributed by atoms with van der Waals surface area (Å²) in [5.41, 5.74) is 3.75. The van der Waals surface area contributed by atoms with Gasteiger partial charge in [0.2, 0.25) is 0 Å². The zero-order chi connectivity index (χ0) is 16.3. The van der Waals surface area contributed by atoms with E-state index in [0.717, 1.165) is 10.2 Å². The molecule has 0 bridgehead atoms. The molecular weight excluding hydrogens is 475 g/mol. The van der Waals surface area contributed by atoms with E-state index in [4.69, 9.17) is 12.2 Å². The summed E-state index contributed by atoms with van der Waals surface area (Å²) >= 11 is 10.9. The number of amides is 1. The Morgan fingerprint density at radius 1 is 1.18 bits per heavy atom. The van der Waals surface area contributed by atoms with Crippen molar-refractivity contribution in [1.29, 1.82) is 0 Å². The average Bonchev–Trinajstić information content (AvgIpc) is 2.44. The summed E-state index contributed by atoms with van der Waals surface area (Å²) in [7, 11) is 0. The van der Waals surface area contributed by atoms with Gasteiger partial charge in [-0.25, -0.2) is 0 Å². The predicted molar refractivity (Wildman–Crippen MR) is 106 cm³/mol. The van der Waals surface area contributed by atoms with Crippen molar-refractivity contribution >= 4 is 67.4 Å². The molecular formula is C16H14BrIN2OS. The molecule has 0 atom stereocenters. The number of rotatable bonds is 2. The molecule has 0 aliphatic rings. The van der Waals surface area contributed by atoms with Crippen molar-refractivity contribution in [2.45, 2.75) is 13.8 Å². The van der Waals surface area contributed by atoms with E-state index in [-0.39, 0.29) is 11.0 Å². The number of carbonyl (C=O) groups excluding carboxylic acids is 1. The van der Waals surface area contributed by atoms with Gasteiger partial charge in [-0.3, -0.25) is 10.1 Å². The molecule has 2 aromatic rings. The molecule has 2 aromatic carbocycles. The summed E-state index contributed by atoms with van der Waals surface area (Å²) < 4.78 is 1.96. The molecule has 22 heavy (non-hydrogen) atoms. The first-order valence-corrected chi connectivity index (χ1v) is 8.80. The van der Waals surface area contributed by atoms with Gasteiger partial charge in [-0.15, -0.1) is 0 Å². The second-order valence-corrected chi connectivity index (χ2v) is 7.15. The van der Waals surface area contributed by atoms with Gasteiger partial charge in [0, 0.05) is 13.7 Å². The lowest BCUT2D eigenvalue weighted by molar-refractivity contribution is 0.0977. The Kier molecular flexibility index (Phi) is 5.94. The normalized spacial score (nSPS) is 10.2. The molecule has 0 aliphatic heterocycles. The number of hydrogen-bond donors (Lipinski definition) is 2. The van der Waals surface area contributed by atoms with Gasteiger partial charge in [0.1, 0.15) is 0 Å². The first kappa shape index (κ1) is 17.4. The van der Waals surface area contributed by atoms with Crippen LogP contribution in [0.25, 0.3) is 0 Å². The Bertz CT molecular complexity index is 726. The van der Waals surface area contributed by atoms with Crippen LogP contribution in [0.2, 0.25) is 0 Å². The maximum absolute atomic E-state index is 12.2. The van der Waals surface area contributed by atoms with Crippen LogP contribution < -0.4 is 10.6 Å². The number of halogens is 2. The van der Waals surface area contributed by atoms with E-state index in [2.05, 4.69) is 49.2 Å². The van der Waals surface area contributed by atoms with E-state index >= 15 is 0 Å². The van der Waals surface area contributed by atoms with Crippen molar-refractivity contribution in [3.63, 3.8) is 0 Å². The van der Waals surface area contributed by atoms with Crippen LogP contribution in [0.1, 0.15) is 21.5 Å². The minimum absolute atomic E-state index is 0.246. The monoisotopic (exact) mass is 488 g/mol. The van der Waals surface area contributed by atoms with Crippen LogP contribution in [0.15, 0.2) is 40.9 Å². The zero-order valence-electron chi connectivity index (χ0n) is 12.0. The Balaban J connectivity index is 2.08. The van der Waals surface area contributed by atoms with Crippen LogP contribution in [0, 0.1) is 17.4 Å². The minimum atomic E-state index is -0.246. The molecule has 2 N–H and O–H groups in total. The summed E-state index contributed by atoms with van der Waals surface area (Å²) in [6, 6.07) is 11.2. The largest absolute Gasteiger partial charge is 0.332 e. The topological polar surface area (TPSA) is 41.1 Å². The molecule has 0 saturated carbocycles. The van der Waals surface area contributed by atoms with Crippen LogP contribution in [0.5, 0.6) is 0 Å². The number of carbonyl (C=O) groups is 1. The predicted octanol–water partition coefficient (Wildman–Crippen LogP) is 4.80. The quantitative estimate of drug-likeness (QED) is 0.471. The number of anilines is 1. The van der Waals surface area contributed by atoms with Crippen LogP contribution in [-0.2, 0) is 0 Å². The average molecular weight is 489 g/mol. The molecule has 3 nitrogen and oxygen atoms in total. The van der Waals surface area contributed by atoms with Crippen molar-refractivity contribution < 1.29 is 4.79 Å². The van der Waals surface area contributed by atoms with Crippen LogP contribution in [0.4, 0.5) is 5.69 Å². The third kappa shape index (κ3) is 4.27. The van der Waals surface area contributed by atoms with Crippen molar-refractivity contribution in [3.05, 3.63) is 61.1 Å². The summed E-state index contributed by atoms with van der Waals surface area (Å²) in [4.78, 5) is 12.2. The number of aryl methyl sites for hydroxylation is 2. The van der Waals surface area contributed by atoms with Crippen molar-refractivity contribution in [3.8, 4) is 0 Å². The highest BCUT2D eigenvalue weighted by Crippen LogP contribution is 2.21. The maximum Gasteiger partial charge on any atom is 0.258 e. The molecule has 1 amide bonds. The summed E-state index contributed by atoms with van der Waals surface area (Å²) in [5, 5.41) is 6.02. The molecule has 114 valence electrons. The summed E-state index contributed by atoms with van der Waals surface area (Å²) in [6.45, 7) is 4.09. The molecule has 0 radical (unpaired) electrons. The number of thiocarbonyl (C=S) groups is 1. The zero-order valence-corrected chi connectivity index (χ0v) is 16.6. The Hall–Kier alpha value is -0.990. The van der Waals surface area contributed by atoms with E-state index in [1.54, 1.807) is 6.07 Å². The number of nitrogens with one attached hydrogen (secondary N) is 2. The molecule has 0 unspecified atom stereocenters. The summed E-state index contributed by atoms with van der Waals surface area (Å²) in [6.07, 6.45) is 0. The Labute approximate surface area is 157 Å². The van der Waals surface area contributed by atoms with E-state index in [9.17, 15) is 4.79 Å². The number of hydrogen-bond acceptors (Lipinski definition) is 2. The van der Waals surface area contributed by atoms with Gasteiger partial charge in [-0.2, -0.15) is 0 Å². The molecule has 0 aliphatic carbocycles. The lowest BCUT2D eigenvalue weighted by Gasteiger charge is -2.12. The number of benzene rings is 2. The van der Waals surface area contributed by atoms with Crippen LogP contribution in [0.3, 0.4) is 0 Å². The second-order valence-electron chi connectivity index (χ2n) is 4.81. The SMILES string of the molecule is Cc1cc(NC(=S)NC(=O)c2ccccc2Br)cc(C)c1I. The molecule has 0 spiro atoms. The minimum Gasteiger partial charge on any atom is -0.332 e. The third-order valence-electron chi connectivity index (χ3n) is 3.04. The second kappa shape index (κ2) is 7.52. The lowest BCUT2D eigenvalue weighted by atomic mass is 10.1. The van der Waals surface area contributed by atoms with Gasteiger partial charge in [0.25, 0.3) is 5.91 Å². The molecule has 0 fully saturated rings. The van der Waals surface area contributed by atoms with Gasteiger partial charge in [0.15, 0.2) is 5.11 Å². The summed E-state index contributed by atoms with van der Waals surface area (Å²) in [5.74, 6) is -0.246. The Morgan fingerprint density at radius 3 is 2.36 bits per heavy atom. The van der Waals surface area contributed by atoms with E-state index < -0.39 is 0 Å². The first-order chi connectivity index (χ1) is 10.4. The smallest absolute Gasteiger partial charge is 0.258 e. The highest BCUT2D eigenvalue weighted by atomic mass is 127. The first-order valence-electron chi connectivity index (χ1n) is 6.52. The lowest BCUT2D eigenvalue weighted by Crippen LogP contribution is -2.34. The molecule has 2 rings (SSSR count). The van der Waals surface area contributed by atoms with Crippen molar-refractivity contribution in [2.75, 3.05) is 5.32 Å². The van der Waals surface area contributed by atoms with Crippen molar-refractivity contribution in [1.82, 2.24) is 5.32 Å². The van der Waals surface area contributed by atoms with E-state index in [1.165, 1.54) is 14.7 Å². The van der Waals surface area contributed by atoms with Gasteiger partial charge >= 0.3 is 0 Å². The third-order valence-corrected chi connectivity index (χ3v) is 5.64. The van der Waals surface area contributed by atoms with E-state index in [1.807, 2.05) is 44.2 Å². The van der Waals surface area contributed by atoms with Crippen LogP contribution in [-0.4, -0.2) is 11.0 Å². The van der Waals surface area contributed by atoms with Crippen LogP contribution >= 0.6 is 50.7 Å². The Morgan fingerprint density at radius 2 is 1.77 bits per heavy atom. The molecule has 0 saturated heterocycles. The standard InChI is InChI=1S/C16H14BrIN2OS/c1-9-7-11(8-10(2)14(9)18)19-16(22)20-15(21)12-5-3-4-6-13(12)17/h3-8H,1-2H3,(H2,19,20,21,22). The van der Waals surface area contributed by atoms with Gasteiger partial charge in [-0.1, -0.05) is 12.1 Å². The maximum atomic E-state index is 12.2. The fraction of sp³-hybridized carbons (Fsp3) is 0.125. The molecule has 0 heterocycles. The fourth-order valence-electron chi connectivity index (χ4n) is 2.00. The van der Waals surface area contributed by atoms with Gasteiger partial charge in [-0.05, 0) is 100.0 Å². The van der Waals surface area contributed by atoms with Gasteiger partial charge < -0.3 is 5.32 Å². The van der Waals surface area contributed by atoms with Gasteiger partial charge in [0.05, 0.1) is 5.56 Å². The molecule has 6 heteroatoms.